The normalized spacial score (nSPS) is 17.2. The van der Waals surface area contributed by atoms with Crippen LogP contribution in [-0.4, -0.2) is 15.8 Å². The molecule has 1 heterocycles. The first-order valence-electron chi connectivity index (χ1n) is 5.48. The second-order valence-electron chi connectivity index (χ2n) is 5.10. The Morgan fingerprint density at radius 1 is 1.41 bits per heavy atom. The maximum Gasteiger partial charge on any atom is 0.142 e. The number of benzene rings is 1. The van der Waals surface area contributed by atoms with Gasteiger partial charge in [0.15, 0.2) is 0 Å². The Morgan fingerprint density at radius 3 is 2.65 bits per heavy atom. The molecule has 1 unspecified atom stereocenters. The minimum Gasteiger partial charge on any atom is -0.593 e. The molecule has 5 heteroatoms. The Morgan fingerprint density at radius 2 is 2.06 bits per heavy atom. The van der Waals surface area contributed by atoms with Crippen LogP contribution in [0, 0.1) is 5.82 Å². The van der Waals surface area contributed by atoms with Gasteiger partial charge >= 0.3 is 0 Å². The van der Waals surface area contributed by atoms with Gasteiger partial charge in [-0.2, -0.15) is 4.31 Å². The predicted molar refractivity (Wildman–Crippen MR) is 73.0 cm³/mol. The monoisotopic (exact) mass is 319 g/mol. The summed E-state index contributed by atoms with van der Waals surface area (Å²) in [6.45, 7) is 6.40. The topological polar surface area (TPSA) is 26.3 Å². The van der Waals surface area contributed by atoms with Crippen molar-refractivity contribution in [3.63, 3.8) is 0 Å². The number of nitrogens with zero attached hydrogens (tertiary/aromatic N) is 1. The summed E-state index contributed by atoms with van der Waals surface area (Å²) in [5.74, 6) is -0.220. The molecule has 2 rings (SSSR count). The molecule has 94 valence electrons. The van der Waals surface area contributed by atoms with E-state index < -0.39 is 11.4 Å². The Balaban J connectivity index is 2.40. The molecule has 1 aromatic rings. The van der Waals surface area contributed by atoms with Crippen molar-refractivity contribution in [1.82, 2.24) is 0 Å². The van der Waals surface area contributed by atoms with Crippen LogP contribution >= 0.6 is 15.9 Å². The highest BCUT2D eigenvalue weighted by molar-refractivity contribution is 9.10. The van der Waals surface area contributed by atoms with Crippen molar-refractivity contribution in [2.24, 2.45) is 0 Å². The number of anilines is 1. The summed E-state index contributed by atoms with van der Waals surface area (Å²) in [5, 5.41) is 0. The number of fused-ring (bicyclic) bond motifs is 1. The van der Waals surface area contributed by atoms with Gasteiger partial charge in [0.05, 0.1) is 23.6 Å². The number of halogens is 2. The van der Waals surface area contributed by atoms with E-state index in [1.54, 1.807) is 4.31 Å². The number of hydrogen-bond donors (Lipinski definition) is 0. The Bertz CT molecular complexity index is 447. The van der Waals surface area contributed by atoms with Crippen LogP contribution in [0.15, 0.2) is 16.6 Å². The van der Waals surface area contributed by atoms with E-state index >= 15 is 0 Å². The Hall–Kier alpha value is -0.260. The number of rotatable bonds is 1. The van der Waals surface area contributed by atoms with Crippen molar-refractivity contribution >= 4 is 33.0 Å². The fourth-order valence-electron chi connectivity index (χ4n) is 1.90. The Labute approximate surface area is 113 Å². The zero-order chi connectivity index (χ0) is 12.8. The van der Waals surface area contributed by atoms with E-state index in [1.807, 2.05) is 26.8 Å². The highest BCUT2D eigenvalue weighted by Gasteiger charge is 2.38. The van der Waals surface area contributed by atoms with Gasteiger partial charge in [0.1, 0.15) is 10.6 Å². The number of hydrogen-bond acceptors (Lipinski definition) is 2. The molecule has 0 fully saturated rings. The average Bonchev–Trinajstić information content (AvgIpc) is 2.58. The van der Waals surface area contributed by atoms with E-state index in [2.05, 4.69) is 15.9 Å². The van der Waals surface area contributed by atoms with Crippen LogP contribution in [0.3, 0.4) is 0 Å². The van der Waals surface area contributed by atoms with E-state index in [0.717, 1.165) is 5.69 Å². The zero-order valence-electron chi connectivity index (χ0n) is 10.1. The smallest absolute Gasteiger partial charge is 0.142 e. The SMILES string of the molecule is CC(C)(C)[S+]([O-])N1CCc2c(F)cc(Br)cc21. The molecule has 0 saturated carbocycles. The maximum absolute atomic E-state index is 13.7. The third-order valence-electron chi connectivity index (χ3n) is 2.69. The van der Waals surface area contributed by atoms with Gasteiger partial charge in [0, 0.05) is 10.0 Å². The van der Waals surface area contributed by atoms with Crippen molar-refractivity contribution in [1.29, 1.82) is 0 Å². The highest BCUT2D eigenvalue weighted by Crippen LogP contribution is 2.37. The lowest BCUT2D eigenvalue weighted by Crippen LogP contribution is -2.42. The van der Waals surface area contributed by atoms with E-state index in [9.17, 15) is 8.94 Å². The van der Waals surface area contributed by atoms with Gasteiger partial charge in [0.25, 0.3) is 0 Å². The summed E-state index contributed by atoms with van der Waals surface area (Å²) in [6.07, 6.45) is 0.621. The quantitative estimate of drug-likeness (QED) is 0.741. The molecule has 17 heavy (non-hydrogen) atoms. The van der Waals surface area contributed by atoms with E-state index in [-0.39, 0.29) is 10.6 Å². The van der Waals surface area contributed by atoms with Crippen molar-refractivity contribution in [3.8, 4) is 0 Å². The van der Waals surface area contributed by atoms with Crippen LogP contribution in [0.2, 0.25) is 0 Å². The first kappa shape index (κ1) is 13.2. The summed E-state index contributed by atoms with van der Waals surface area (Å²) >= 11 is 2.13. The van der Waals surface area contributed by atoms with Gasteiger partial charge in [0.2, 0.25) is 0 Å². The molecule has 2 nitrogen and oxygen atoms in total. The molecule has 0 aliphatic carbocycles. The van der Waals surface area contributed by atoms with Crippen molar-refractivity contribution in [2.45, 2.75) is 31.9 Å². The molecule has 0 aromatic heterocycles. The van der Waals surface area contributed by atoms with Crippen molar-refractivity contribution in [3.05, 3.63) is 28.0 Å². The van der Waals surface area contributed by atoms with Crippen LogP contribution < -0.4 is 4.31 Å². The third-order valence-corrected chi connectivity index (χ3v) is 4.98. The molecule has 0 N–H and O–H groups in total. The highest BCUT2D eigenvalue weighted by atomic mass is 79.9. The molecule has 1 aromatic carbocycles. The van der Waals surface area contributed by atoms with Crippen LogP contribution in [0.1, 0.15) is 26.3 Å². The van der Waals surface area contributed by atoms with Gasteiger partial charge in [-0.05, 0) is 39.3 Å². The molecule has 0 spiro atoms. The van der Waals surface area contributed by atoms with Gasteiger partial charge in [-0.1, -0.05) is 15.9 Å². The molecule has 0 amide bonds. The summed E-state index contributed by atoms with van der Waals surface area (Å²) in [7, 11) is 0. The largest absolute Gasteiger partial charge is 0.593 e. The second-order valence-corrected chi connectivity index (χ2v) is 8.18. The maximum atomic E-state index is 13.7. The fraction of sp³-hybridized carbons (Fsp3) is 0.500. The van der Waals surface area contributed by atoms with Gasteiger partial charge in [-0.15, -0.1) is 0 Å². The standard InChI is InChI=1S/C12H15BrFNOS/c1-12(2,3)17(16)15-5-4-9-10(14)6-8(13)7-11(9)15/h6-7H,4-5H2,1-3H3. The minimum atomic E-state index is -1.14. The van der Waals surface area contributed by atoms with Crippen LogP contribution in [0.25, 0.3) is 0 Å². The lowest BCUT2D eigenvalue weighted by molar-refractivity contribution is 0.555. The van der Waals surface area contributed by atoms with Gasteiger partial charge < -0.3 is 4.55 Å². The molecule has 0 saturated heterocycles. The summed E-state index contributed by atoms with van der Waals surface area (Å²) < 4.78 is 28.2. The second kappa shape index (κ2) is 4.44. The van der Waals surface area contributed by atoms with E-state index in [4.69, 9.17) is 0 Å². The molecule has 1 aliphatic rings. The molecule has 0 radical (unpaired) electrons. The van der Waals surface area contributed by atoms with Crippen molar-refractivity contribution < 1.29 is 8.94 Å². The average molecular weight is 320 g/mol. The molecule has 1 atom stereocenters. The first-order chi connectivity index (χ1) is 7.80. The summed E-state index contributed by atoms with van der Waals surface area (Å²) in [4.78, 5) is 0. The minimum absolute atomic E-state index is 0.220. The van der Waals surface area contributed by atoms with E-state index in [1.165, 1.54) is 6.07 Å². The lowest BCUT2D eigenvalue weighted by Gasteiger charge is -2.31. The van der Waals surface area contributed by atoms with Crippen LogP contribution in [-0.2, 0) is 17.8 Å². The zero-order valence-corrected chi connectivity index (χ0v) is 12.5. The molecular weight excluding hydrogens is 305 g/mol. The fourth-order valence-corrected chi connectivity index (χ4v) is 3.57. The lowest BCUT2D eigenvalue weighted by atomic mass is 10.1. The van der Waals surface area contributed by atoms with Gasteiger partial charge in [-0.3, -0.25) is 0 Å². The third kappa shape index (κ3) is 2.46. The summed E-state index contributed by atoms with van der Waals surface area (Å²) in [6, 6.07) is 3.30. The first-order valence-corrected chi connectivity index (χ1v) is 7.38. The Kier molecular flexibility index (Phi) is 3.45. The van der Waals surface area contributed by atoms with Crippen LogP contribution in [0.5, 0.6) is 0 Å². The van der Waals surface area contributed by atoms with Crippen molar-refractivity contribution in [2.75, 3.05) is 10.8 Å². The summed E-state index contributed by atoms with van der Waals surface area (Å²) in [5.41, 5.74) is 1.43. The molecule has 1 aliphatic heterocycles. The predicted octanol–water partition coefficient (Wildman–Crippen LogP) is 3.41. The van der Waals surface area contributed by atoms with Gasteiger partial charge in [-0.25, -0.2) is 4.39 Å². The van der Waals surface area contributed by atoms with Crippen LogP contribution in [0.4, 0.5) is 10.1 Å². The van der Waals surface area contributed by atoms with E-state index in [0.29, 0.717) is 23.0 Å². The molecular formula is C12H15BrFNOS. The molecule has 0 bridgehead atoms.